The molecule has 5 nitrogen and oxygen atoms in total. The molecule has 1 aliphatic rings. The van der Waals surface area contributed by atoms with Crippen molar-refractivity contribution in [3.63, 3.8) is 0 Å². The maximum atomic E-state index is 6.07. The minimum Gasteiger partial charge on any atom is -0.497 e. The number of benzene rings is 2. The first-order chi connectivity index (χ1) is 12.8. The molecule has 1 aliphatic heterocycles. The largest absolute Gasteiger partial charge is 0.497 e. The van der Waals surface area contributed by atoms with Crippen LogP contribution in [0.25, 0.3) is 22.3 Å². The number of hydrogen-bond donors (Lipinski definition) is 0. The molecule has 134 valence electrons. The van der Waals surface area contributed by atoms with Crippen LogP contribution in [-0.2, 0) is 0 Å². The van der Waals surface area contributed by atoms with Crippen LogP contribution >= 0.6 is 0 Å². The standard InChI is InChI=1S/C21H23N3O2/c1-25-17-10-8-16(9-11-17)20-22-19-7-3-2-6-18(19)21(23-20)26-15-14-24-12-4-5-13-24/h2-3,6-11H,4-5,12-15H2,1H3. The Bertz CT molecular complexity index is 874. The summed E-state index contributed by atoms with van der Waals surface area (Å²) >= 11 is 0. The van der Waals surface area contributed by atoms with Crippen molar-refractivity contribution in [1.82, 2.24) is 14.9 Å². The third-order valence-corrected chi connectivity index (χ3v) is 4.76. The van der Waals surface area contributed by atoms with Crippen LogP contribution in [0.5, 0.6) is 11.6 Å². The van der Waals surface area contributed by atoms with E-state index in [0.717, 1.165) is 28.8 Å². The van der Waals surface area contributed by atoms with Crippen LogP contribution in [-0.4, -0.2) is 48.2 Å². The van der Waals surface area contributed by atoms with Crippen LogP contribution in [0, 0.1) is 0 Å². The van der Waals surface area contributed by atoms with Crippen molar-refractivity contribution in [2.24, 2.45) is 0 Å². The highest BCUT2D eigenvalue weighted by Crippen LogP contribution is 2.27. The maximum Gasteiger partial charge on any atom is 0.225 e. The van der Waals surface area contributed by atoms with Crippen LogP contribution in [0.4, 0.5) is 0 Å². The van der Waals surface area contributed by atoms with E-state index < -0.39 is 0 Å². The fourth-order valence-electron chi connectivity index (χ4n) is 3.30. The van der Waals surface area contributed by atoms with Crippen molar-refractivity contribution in [1.29, 1.82) is 0 Å². The number of fused-ring (bicyclic) bond motifs is 1. The van der Waals surface area contributed by atoms with Gasteiger partial charge >= 0.3 is 0 Å². The van der Waals surface area contributed by atoms with Gasteiger partial charge in [-0.1, -0.05) is 12.1 Å². The van der Waals surface area contributed by atoms with Gasteiger partial charge in [0.05, 0.1) is 18.0 Å². The smallest absolute Gasteiger partial charge is 0.225 e. The van der Waals surface area contributed by atoms with Gasteiger partial charge in [-0.2, -0.15) is 4.98 Å². The first-order valence-corrected chi connectivity index (χ1v) is 9.10. The fraction of sp³-hybridized carbons (Fsp3) is 0.333. The lowest BCUT2D eigenvalue weighted by Gasteiger charge is -2.15. The summed E-state index contributed by atoms with van der Waals surface area (Å²) in [7, 11) is 1.66. The van der Waals surface area contributed by atoms with Gasteiger partial charge in [0.15, 0.2) is 5.82 Å². The Morgan fingerprint density at radius 3 is 2.50 bits per heavy atom. The number of likely N-dealkylation sites (tertiary alicyclic amines) is 1. The van der Waals surface area contributed by atoms with Gasteiger partial charge in [0.1, 0.15) is 12.4 Å². The van der Waals surface area contributed by atoms with E-state index in [1.54, 1.807) is 7.11 Å². The van der Waals surface area contributed by atoms with E-state index in [1.165, 1.54) is 25.9 Å². The third kappa shape index (κ3) is 3.63. The number of nitrogens with zero attached hydrogens (tertiary/aromatic N) is 3. The molecule has 2 heterocycles. The zero-order chi connectivity index (χ0) is 17.8. The highest BCUT2D eigenvalue weighted by molar-refractivity contribution is 5.85. The molecule has 26 heavy (non-hydrogen) atoms. The molecule has 0 unspecified atom stereocenters. The van der Waals surface area contributed by atoms with E-state index >= 15 is 0 Å². The SMILES string of the molecule is COc1ccc(-c2nc(OCCN3CCCC3)c3ccccc3n2)cc1. The van der Waals surface area contributed by atoms with Gasteiger partial charge in [0.25, 0.3) is 0 Å². The molecule has 0 bridgehead atoms. The third-order valence-electron chi connectivity index (χ3n) is 4.76. The summed E-state index contributed by atoms with van der Waals surface area (Å²) in [5.74, 6) is 2.14. The van der Waals surface area contributed by atoms with E-state index in [2.05, 4.69) is 4.90 Å². The normalized spacial score (nSPS) is 14.7. The van der Waals surface area contributed by atoms with Crippen molar-refractivity contribution in [2.45, 2.75) is 12.8 Å². The van der Waals surface area contributed by atoms with Gasteiger partial charge in [-0.05, 0) is 62.3 Å². The van der Waals surface area contributed by atoms with Crippen molar-refractivity contribution in [3.05, 3.63) is 48.5 Å². The molecule has 0 spiro atoms. The number of aromatic nitrogens is 2. The quantitative estimate of drug-likeness (QED) is 0.678. The molecule has 0 amide bonds. The zero-order valence-corrected chi connectivity index (χ0v) is 15.0. The molecule has 0 radical (unpaired) electrons. The summed E-state index contributed by atoms with van der Waals surface area (Å²) < 4.78 is 11.3. The van der Waals surface area contributed by atoms with Crippen LogP contribution in [0.15, 0.2) is 48.5 Å². The number of rotatable bonds is 6. The number of hydrogen-bond acceptors (Lipinski definition) is 5. The molecule has 0 saturated carbocycles. The molecular formula is C21H23N3O2. The molecule has 4 rings (SSSR count). The second kappa shape index (κ2) is 7.70. The van der Waals surface area contributed by atoms with Gasteiger partial charge in [0, 0.05) is 12.1 Å². The molecule has 0 aliphatic carbocycles. The van der Waals surface area contributed by atoms with Crippen molar-refractivity contribution in [2.75, 3.05) is 33.4 Å². The molecule has 0 atom stereocenters. The molecule has 3 aromatic rings. The molecular weight excluding hydrogens is 326 g/mol. The van der Waals surface area contributed by atoms with Crippen molar-refractivity contribution in [3.8, 4) is 23.0 Å². The molecule has 2 aromatic carbocycles. The number of para-hydroxylation sites is 1. The van der Waals surface area contributed by atoms with Gasteiger partial charge in [-0.15, -0.1) is 0 Å². The van der Waals surface area contributed by atoms with Crippen LogP contribution in [0.2, 0.25) is 0 Å². The van der Waals surface area contributed by atoms with Crippen LogP contribution in [0.1, 0.15) is 12.8 Å². The monoisotopic (exact) mass is 349 g/mol. The fourth-order valence-corrected chi connectivity index (χ4v) is 3.30. The average molecular weight is 349 g/mol. The summed E-state index contributed by atoms with van der Waals surface area (Å²) in [5, 5.41) is 0.950. The predicted molar refractivity (Wildman–Crippen MR) is 103 cm³/mol. The molecule has 1 aromatic heterocycles. The first-order valence-electron chi connectivity index (χ1n) is 9.10. The molecule has 1 saturated heterocycles. The Balaban J connectivity index is 1.61. The lowest BCUT2D eigenvalue weighted by molar-refractivity contribution is 0.234. The summed E-state index contributed by atoms with van der Waals surface area (Å²) in [6.07, 6.45) is 2.58. The van der Waals surface area contributed by atoms with E-state index in [1.807, 2.05) is 48.5 Å². The van der Waals surface area contributed by atoms with Gasteiger partial charge in [-0.3, -0.25) is 4.90 Å². The van der Waals surface area contributed by atoms with Gasteiger partial charge in [0.2, 0.25) is 5.88 Å². The first kappa shape index (κ1) is 16.8. The Labute approximate surface area is 153 Å². The topological polar surface area (TPSA) is 47.5 Å². The summed E-state index contributed by atoms with van der Waals surface area (Å²) in [6.45, 7) is 3.93. The number of ether oxygens (including phenoxy) is 2. The Hall–Kier alpha value is -2.66. The second-order valence-corrected chi connectivity index (χ2v) is 6.50. The lowest BCUT2D eigenvalue weighted by Crippen LogP contribution is -2.25. The van der Waals surface area contributed by atoms with E-state index in [0.29, 0.717) is 18.3 Å². The van der Waals surface area contributed by atoms with Crippen molar-refractivity contribution < 1.29 is 9.47 Å². The minimum absolute atomic E-state index is 0.642. The van der Waals surface area contributed by atoms with Crippen LogP contribution in [0.3, 0.4) is 0 Å². The predicted octanol–water partition coefficient (Wildman–Crippen LogP) is 3.78. The molecule has 0 N–H and O–H groups in total. The van der Waals surface area contributed by atoms with Gasteiger partial charge in [-0.25, -0.2) is 4.98 Å². The maximum absolute atomic E-state index is 6.07. The Morgan fingerprint density at radius 1 is 0.962 bits per heavy atom. The van der Waals surface area contributed by atoms with E-state index in [-0.39, 0.29) is 0 Å². The summed E-state index contributed by atoms with van der Waals surface area (Å²) in [6, 6.07) is 15.8. The molecule has 1 fully saturated rings. The van der Waals surface area contributed by atoms with Gasteiger partial charge < -0.3 is 9.47 Å². The van der Waals surface area contributed by atoms with Crippen LogP contribution < -0.4 is 9.47 Å². The molecule has 5 heteroatoms. The van der Waals surface area contributed by atoms with Crippen molar-refractivity contribution >= 4 is 10.9 Å². The minimum atomic E-state index is 0.642. The average Bonchev–Trinajstić information content (AvgIpc) is 3.21. The highest BCUT2D eigenvalue weighted by Gasteiger charge is 2.13. The van der Waals surface area contributed by atoms with E-state index in [4.69, 9.17) is 19.4 Å². The lowest BCUT2D eigenvalue weighted by atomic mass is 10.2. The second-order valence-electron chi connectivity index (χ2n) is 6.50. The summed E-state index contributed by atoms with van der Waals surface area (Å²) in [4.78, 5) is 11.8. The number of methoxy groups -OCH3 is 1. The highest BCUT2D eigenvalue weighted by atomic mass is 16.5. The Morgan fingerprint density at radius 2 is 1.73 bits per heavy atom. The zero-order valence-electron chi connectivity index (χ0n) is 15.0. The summed E-state index contributed by atoms with van der Waals surface area (Å²) in [5.41, 5.74) is 1.84. The Kier molecular flexibility index (Phi) is 4.97. The van der Waals surface area contributed by atoms with E-state index in [9.17, 15) is 0 Å².